The Labute approximate surface area is 126 Å². The number of aliphatic hydroxyl groups excluding tert-OH is 3. The van der Waals surface area contributed by atoms with Crippen LogP contribution in [-0.4, -0.2) is 45.8 Å². The fraction of sp³-hybridized carbons (Fsp3) is 0.625. The first-order valence-corrected chi connectivity index (χ1v) is 7.09. The first kappa shape index (κ1) is 17.9. The van der Waals surface area contributed by atoms with Crippen molar-refractivity contribution in [1.82, 2.24) is 5.32 Å². The van der Waals surface area contributed by atoms with E-state index in [2.05, 4.69) is 5.32 Å². The zero-order chi connectivity index (χ0) is 16.3. The summed E-state index contributed by atoms with van der Waals surface area (Å²) in [7, 11) is 0. The fourth-order valence-electron chi connectivity index (χ4n) is 2.14. The van der Waals surface area contributed by atoms with Crippen LogP contribution >= 0.6 is 0 Å². The van der Waals surface area contributed by atoms with Crippen molar-refractivity contribution in [2.24, 2.45) is 0 Å². The molecule has 0 saturated carbocycles. The number of phenolic OH excluding ortho intramolecular Hbond substituents is 1. The van der Waals surface area contributed by atoms with Gasteiger partial charge in [0.2, 0.25) is 0 Å². The largest absolute Gasteiger partial charge is 0.507 e. The van der Waals surface area contributed by atoms with Gasteiger partial charge in [-0.1, -0.05) is 32.9 Å². The predicted molar refractivity (Wildman–Crippen MR) is 82.4 cm³/mol. The van der Waals surface area contributed by atoms with E-state index in [1.54, 1.807) is 0 Å². The van der Waals surface area contributed by atoms with Gasteiger partial charge in [0.25, 0.3) is 0 Å². The molecule has 1 aromatic carbocycles. The lowest BCUT2D eigenvalue weighted by Crippen LogP contribution is -2.54. The molecule has 0 unspecified atom stereocenters. The first-order chi connectivity index (χ1) is 9.69. The fourth-order valence-corrected chi connectivity index (χ4v) is 2.14. The molecule has 21 heavy (non-hydrogen) atoms. The third-order valence-electron chi connectivity index (χ3n) is 3.74. The minimum absolute atomic E-state index is 0.188. The molecule has 0 aromatic heterocycles. The predicted octanol–water partition coefficient (Wildman–Crippen LogP) is 0.803. The summed E-state index contributed by atoms with van der Waals surface area (Å²) in [6.45, 7) is 7.22. The Balaban J connectivity index is 3.03. The molecule has 1 rings (SSSR count). The number of aryl methyl sites for hydroxylation is 1. The Kier molecular flexibility index (Phi) is 5.75. The van der Waals surface area contributed by atoms with Gasteiger partial charge in [0.05, 0.1) is 25.4 Å². The van der Waals surface area contributed by atoms with E-state index < -0.39 is 5.54 Å². The molecule has 5 heteroatoms. The molecule has 120 valence electrons. The van der Waals surface area contributed by atoms with Crippen LogP contribution in [0.2, 0.25) is 0 Å². The molecule has 0 bridgehead atoms. The lowest BCUT2D eigenvalue weighted by molar-refractivity contribution is 0.0413. The van der Waals surface area contributed by atoms with Gasteiger partial charge in [-0.25, -0.2) is 0 Å². The second-order valence-corrected chi connectivity index (χ2v) is 6.67. The molecule has 0 spiro atoms. The second-order valence-electron chi connectivity index (χ2n) is 6.67. The molecular weight excluding hydrogens is 270 g/mol. The quantitative estimate of drug-likeness (QED) is 0.536. The first-order valence-electron chi connectivity index (χ1n) is 7.09. The number of benzene rings is 1. The molecule has 0 aliphatic rings. The maximum absolute atomic E-state index is 10.2. The van der Waals surface area contributed by atoms with Gasteiger partial charge in [-0.05, 0) is 29.0 Å². The van der Waals surface area contributed by atoms with Gasteiger partial charge < -0.3 is 25.7 Å². The molecule has 0 atom stereocenters. The second kappa shape index (κ2) is 6.75. The molecule has 1 aromatic rings. The summed E-state index contributed by atoms with van der Waals surface area (Å²) in [6, 6.07) is 3.76. The monoisotopic (exact) mass is 297 g/mol. The number of hydrogen-bond donors (Lipinski definition) is 5. The summed E-state index contributed by atoms with van der Waals surface area (Å²) in [4.78, 5) is 0. The maximum atomic E-state index is 10.2. The van der Waals surface area contributed by atoms with Crippen LogP contribution < -0.4 is 5.32 Å². The van der Waals surface area contributed by atoms with Gasteiger partial charge in [0.15, 0.2) is 0 Å². The van der Waals surface area contributed by atoms with Crippen LogP contribution in [0.15, 0.2) is 12.1 Å². The van der Waals surface area contributed by atoms with E-state index in [0.29, 0.717) is 12.3 Å². The molecule has 5 nitrogen and oxygen atoms in total. The van der Waals surface area contributed by atoms with Crippen LogP contribution in [0.4, 0.5) is 0 Å². The maximum Gasteiger partial charge on any atom is 0.122 e. The van der Waals surface area contributed by atoms with Crippen molar-refractivity contribution in [2.75, 3.05) is 19.8 Å². The summed E-state index contributed by atoms with van der Waals surface area (Å²) >= 11 is 0. The van der Waals surface area contributed by atoms with Crippen molar-refractivity contribution in [3.05, 3.63) is 28.8 Å². The summed E-state index contributed by atoms with van der Waals surface area (Å²) in [6.07, 6.45) is 0. The number of phenols is 1. The molecule has 0 heterocycles. The Morgan fingerprint density at radius 2 is 1.52 bits per heavy atom. The van der Waals surface area contributed by atoms with Gasteiger partial charge in [0, 0.05) is 6.54 Å². The highest BCUT2D eigenvalue weighted by Crippen LogP contribution is 2.34. The Morgan fingerprint density at radius 3 is 1.95 bits per heavy atom. The molecule has 0 aliphatic carbocycles. The Bertz CT molecular complexity index is 468. The highest BCUT2D eigenvalue weighted by molar-refractivity contribution is 5.46. The number of aliphatic hydroxyl groups is 3. The molecule has 0 radical (unpaired) electrons. The van der Waals surface area contributed by atoms with Gasteiger partial charge in [-0.15, -0.1) is 0 Å². The van der Waals surface area contributed by atoms with E-state index in [-0.39, 0.29) is 25.2 Å². The highest BCUT2D eigenvalue weighted by atomic mass is 16.3. The number of aromatic hydroxyl groups is 1. The summed E-state index contributed by atoms with van der Waals surface area (Å²) in [5.41, 5.74) is 1.26. The summed E-state index contributed by atoms with van der Waals surface area (Å²) in [5, 5.41) is 41.1. The topological polar surface area (TPSA) is 93.0 Å². The van der Waals surface area contributed by atoms with E-state index >= 15 is 0 Å². The van der Waals surface area contributed by atoms with E-state index in [9.17, 15) is 20.4 Å². The van der Waals surface area contributed by atoms with E-state index in [4.69, 9.17) is 0 Å². The van der Waals surface area contributed by atoms with Gasteiger partial charge in [-0.2, -0.15) is 0 Å². The SMILES string of the molecule is Cc1cc(CNC(CO)(CO)CO)cc(C(C)(C)C)c1O. The lowest BCUT2D eigenvalue weighted by atomic mass is 9.84. The van der Waals surface area contributed by atoms with Crippen molar-refractivity contribution in [3.63, 3.8) is 0 Å². The molecule has 0 fully saturated rings. The summed E-state index contributed by atoms with van der Waals surface area (Å²) in [5.74, 6) is 0.295. The summed E-state index contributed by atoms with van der Waals surface area (Å²) < 4.78 is 0. The van der Waals surface area contributed by atoms with Crippen LogP contribution in [0, 0.1) is 6.92 Å². The van der Waals surface area contributed by atoms with E-state index in [1.165, 1.54) is 0 Å². The Morgan fingerprint density at radius 1 is 1.00 bits per heavy atom. The van der Waals surface area contributed by atoms with Gasteiger partial charge in [0.1, 0.15) is 5.75 Å². The zero-order valence-electron chi connectivity index (χ0n) is 13.3. The van der Waals surface area contributed by atoms with Crippen LogP contribution in [0.5, 0.6) is 5.75 Å². The third kappa shape index (κ3) is 4.17. The number of rotatable bonds is 6. The lowest BCUT2D eigenvalue weighted by Gasteiger charge is -2.29. The molecule has 0 aliphatic heterocycles. The van der Waals surface area contributed by atoms with Crippen molar-refractivity contribution >= 4 is 0 Å². The Hall–Kier alpha value is -1.14. The van der Waals surface area contributed by atoms with Crippen LogP contribution in [0.25, 0.3) is 0 Å². The molecular formula is C16H27NO4. The van der Waals surface area contributed by atoms with Crippen molar-refractivity contribution in [1.29, 1.82) is 0 Å². The van der Waals surface area contributed by atoms with Crippen LogP contribution in [0.3, 0.4) is 0 Å². The zero-order valence-corrected chi connectivity index (χ0v) is 13.3. The van der Waals surface area contributed by atoms with Gasteiger partial charge >= 0.3 is 0 Å². The minimum Gasteiger partial charge on any atom is -0.507 e. The van der Waals surface area contributed by atoms with Crippen molar-refractivity contribution < 1.29 is 20.4 Å². The van der Waals surface area contributed by atoms with Crippen LogP contribution in [0.1, 0.15) is 37.5 Å². The third-order valence-corrected chi connectivity index (χ3v) is 3.74. The average molecular weight is 297 g/mol. The molecule has 5 N–H and O–H groups in total. The number of hydrogen-bond acceptors (Lipinski definition) is 5. The molecule has 0 saturated heterocycles. The van der Waals surface area contributed by atoms with E-state index in [0.717, 1.165) is 16.7 Å². The minimum atomic E-state index is -1.10. The van der Waals surface area contributed by atoms with Crippen LogP contribution in [-0.2, 0) is 12.0 Å². The van der Waals surface area contributed by atoms with E-state index in [1.807, 2.05) is 39.8 Å². The molecule has 0 amide bonds. The smallest absolute Gasteiger partial charge is 0.122 e. The van der Waals surface area contributed by atoms with Crippen molar-refractivity contribution in [3.8, 4) is 5.75 Å². The van der Waals surface area contributed by atoms with Crippen molar-refractivity contribution in [2.45, 2.75) is 45.2 Å². The average Bonchev–Trinajstić information content (AvgIpc) is 2.43. The highest BCUT2D eigenvalue weighted by Gasteiger charge is 2.27. The normalized spacial score (nSPS) is 12.7. The number of nitrogens with one attached hydrogen (secondary N) is 1. The van der Waals surface area contributed by atoms with Gasteiger partial charge in [-0.3, -0.25) is 0 Å². The standard InChI is InChI=1S/C16H27NO4/c1-11-5-12(6-13(14(11)21)15(2,3)4)7-17-16(8-18,9-19)10-20/h5-6,17-21H,7-10H2,1-4H3.